The van der Waals surface area contributed by atoms with E-state index >= 15 is 0 Å². The molecule has 0 aliphatic carbocycles. The standard InChI is InChI=1S/C18H18F3N3O2S/c1-26-17-15(27-23-12-18(19,20)21)10-13(11-22-17)6-5-9-16(25)24-14-7-3-2-4-8-14/h2-8,10-11,23H,9,12H2,1H3,(H,24,25)/b6-5+. The van der Waals surface area contributed by atoms with Crippen LogP contribution in [0.5, 0.6) is 5.88 Å². The molecule has 5 nitrogen and oxygen atoms in total. The topological polar surface area (TPSA) is 63.2 Å². The van der Waals surface area contributed by atoms with E-state index in [9.17, 15) is 18.0 Å². The number of benzene rings is 1. The first-order chi connectivity index (χ1) is 12.9. The molecule has 0 bridgehead atoms. The fourth-order valence-electron chi connectivity index (χ4n) is 2.00. The Bertz CT molecular complexity index is 783. The summed E-state index contributed by atoms with van der Waals surface area (Å²) in [7, 11) is 1.39. The lowest BCUT2D eigenvalue weighted by Crippen LogP contribution is -2.23. The third kappa shape index (κ3) is 7.71. The van der Waals surface area contributed by atoms with Gasteiger partial charge in [0.05, 0.1) is 12.0 Å². The fraction of sp³-hybridized carbons (Fsp3) is 0.222. The number of methoxy groups -OCH3 is 1. The van der Waals surface area contributed by atoms with Gasteiger partial charge in [-0.1, -0.05) is 30.4 Å². The molecule has 0 saturated heterocycles. The van der Waals surface area contributed by atoms with Gasteiger partial charge in [-0.05, 0) is 35.7 Å². The van der Waals surface area contributed by atoms with Crippen LogP contribution in [-0.2, 0) is 4.79 Å². The minimum Gasteiger partial charge on any atom is -0.480 e. The minimum absolute atomic E-state index is 0.149. The molecule has 0 aliphatic rings. The highest BCUT2D eigenvalue weighted by atomic mass is 32.2. The molecule has 2 N–H and O–H groups in total. The van der Waals surface area contributed by atoms with E-state index in [-0.39, 0.29) is 18.2 Å². The molecule has 0 unspecified atom stereocenters. The number of halogens is 3. The van der Waals surface area contributed by atoms with Crippen LogP contribution in [0.15, 0.2) is 53.6 Å². The van der Waals surface area contributed by atoms with Crippen molar-refractivity contribution < 1.29 is 22.7 Å². The van der Waals surface area contributed by atoms with Gasteiger partial charge in [-0.25, -0.2) is 4.98 Å². The number of amides is 1. The monoisotopic (exact) mass is 397 g/mol. The molecule has 9 heteroatoms. The highest BCUT2D eigenvalue weighted by Gasteiger charge is 2.26. The highest BCUT2D eigenvalue weighted by Crippen LogP contribution is 2.27. The Morgan fingerprint density at radius 1 is 1.30 bits per heavy atom. The normalized spacial score (nSPS) is 11.6. The molecule has 1 aromatic carbocycles. The van der Waals surface area contributed by atoms with Crippen molar-refractivity contribution in [2.75, 3.05) is 19.0 Å². The molecule has 0 spiro atoms. The predicted octanol–water partition coefficient (Wildman–Crippen LogP) is 4.29. The largest absolute Gasteiger partial charge is 0.480 e. The summed E-state index contributed by atoms with van der Waals surface area (Å²) in [6.07, 6.45) is 0.676. The third-order valence-corrected chi connectivity index (χ3v) is 3.96. The highest BCUT2D eigenvalue weighted by molar-refractivity contribution is 7.97. The van der Waals surface area contributed by atoms with Gasteiger partial charge < -0.3 is 10.1 Å². The van der Waals surface area contributed by atoms with Gasteiger partial charge in [0.1, 0.15) is 6.54 Å². The van der Waals surface area contributed by atoms with Crippen molar-refractivity contribution >= 4 is 29.6 Å². The van der Waals surface area contributed by atoms with Gasteiger partial charge in [0.2, 0.25) is 11.8 Å². The maximum absolute atomic E-state index is 12.2. The predicted molar refractivity (Wildman–Crippen MR) is 99.4 cm³/mol. The van der Waals surface area contributed by atoms with Crippen molar-refractivity contribution in [2.45, 2.75) is 17.5 Å². The summed E-state index contributed by atoms with van der Waals surface area (Å²) >= 11 is 0.784. The molecule has 0 fully saturated rings. The van der Waals surface area contributed by atoms with Crippen molar-refractivity contribution in [3.05, 3.63) is 54.2 Å². The average Bonchev–Trinajstić information content (AvgIpc) is 2.62. The van der Waals surface area contributed by atoms with Crippen molar-refractivity contribution in [2.24, 2.45) is 0 Å². The Balaban J connectivity index is 1.94. The van der Waals surface area contributed by atoms with Gasteiger partial charge in [-0.3, -0.25) is 9.52 Å². The number of rotatable bonds is 8. The first-order valence-electron chi connectivity index (χ1n) is 7.89. The smallest absolute Gasteiger partial charge is 0.402 e. The zero-order valence-electron chi connectivity index (χ0n) is 14.4. The molecule has 144 valence electrons. The Kier molecular flexibility index (Phi) is 7.68. The fourth-order valence-corrected chi connectivity index (χ4v) is 2.81. The summed E-state index contributed by atoms with van der Waals surface area (Å²) in [6, 6.07) is 10.7. The number of hydrogen-bond acceptors (Lipinski definition) is 5. The van der Waals surface area contributed by atoms with Gasteiger partial charge in [0.15, 0.2) is 0 Å². The number of carbonyl (C=O) groups excluding carboxylic acids is 1. The van der Waals surface area contributed by atoms with Gasteiger partial charge in [0.25, 0.3) is 0 Å². The van der Waals surface area contributed by atoms with Gasteiger partial charge in [-0.2, -0.15) is 13.2 Å². The minimum atomic E-state index is -4.31. The molecule has 1 heterocycles. The lowest BCUT2D eigenvalue weighted by molar-refractivity contribution is -0.121. The van der Waals surface area contributed by atoms with E-state index in [1.165, 1.54) is 13.3 Å². The average molecular weight is 397 g/mol. The second kappa shape index (κ2) is 9.98. The summed E-state index contributed by atoms with van der Waals surface area (Å²) in [5.41, 5.74) is 1.34. The Hall–Kier alpha value is -2.52. The molecule has 1 aromatic heterocycles. The summed E-state index contributed by atoms with van der Waals surface area (Å²) in [4.78, 5) is 16.4. The van der Waals surface area contributed by atoms with Crippen molar-refractivity contribution in [1.82, 2.24) is 9.71 Å². The quantitative estimate of drug-likeness (QED) is 0.651. The van der Waals surface area contributed by atoms with E-state index in [0.29, 0.717) is 16.1 Å². The summed E-state index contributed by atoms with van der Waals surface area (Å²) < 4.78 is 44.0. The number of anilines is 1. The number of hydrogen-bond donors (Lipinski definition) is 2. The molecular weight excluding hydrogens is 379 g/mol. The molecule has 0 aliphatic heterocycles. The second-order valence-corrected chi connectivity index (χ2v) is 6.27. The van der Waals surface area contributed by atoms with Crippen LogP contribution in [-0.4, -0.2) is 30.7 Å². The molecule has 27 heavy (non-hydrogen) atoms. The molecule has 0 saturated carbocycles. The number of carbonyl (C=O) groups is 1. The zero-order valence-corrected chi connectivity index (χ0v) is 15.2. The number of nitrogens with zero attached hydrogens (tertiary/aromatic N) is 1. The first kappa shape index (κ1) is 20.8. The van der Waals surface area contributed by atoms with E-state index in [0.717, 1.165) is 11.9 Å². The van der Waals surface area contributed by atoms with Gasteiger partial charge in [-0.15, -0.1) is 0 Å². The van der Waals surface area contributed by atoms with E-state index in [2.05, 4.69) is 15.0 Å². The Morgan fingerprint density at radius 2 is 2.04 bits per heavy atom. The number of aromatic nitrogens is 1. The summed E-state index contributed by atoms with van der Waals surface area (Å²) in [5, 5.41) is 2.75. The molecule has 2 aromatic rings. The maximum atomic E-state index is 12.2. The number of para-hydroxylation sites is 1. The third-order valence-electron chi connectivity index (χ3n) is 3.16. The molecule has 1 amide bonds. The lowest BCUT2D eigenvalue weighted by atomic mass is 10.2. The van der Waals surface area contributed by atoms with Crippen LogP contribution >= 0.6 is 11.9 Å². The lowest BCUT2D eigenvalue weighted by Gasteiger charge is -2.10. The zero-order chi connectivity index (χ0) is 19.7. The first-order valence-corrected chi connectivity index (χ1v) is 8.71. The van der Waals surface area contributed by atoms with Crippen LogP contribution in [0.2, 0.25) is 0 Å². The maximum Gasteiger partial charge on any atom is 0.402 e. The van der Waals surface area contributed by atoms with Crippen molar-refractivity contribution in [3.8, 4) is 5.88 Å². The number of alkyl halides is 3. The summed E-state index contributed by atoms with van der Waals surface area (Å²) in [5.74, 6) is 0.0361. The van der Waals surface area contributed by atoms with Crippen LogP contribution in [0.1, 0.15) is 12.0 Å². The molecule has 0 atom stereocenters. The summed E-state index contributed by atoms with van der Waals surface area (Å²) in [6.45, 7) is -1.14. The number of nitrogens with one attached hydrogen (secondary N) is 2. The van der Waals surface area contributed by atoms with E-state index < -0.39 is 12.7 Å². The van der Waals surface area contributed by atoms with Crippen molar-refractivity contribution in [1.29, 1.82) is 0 Å². The number of ether oxygens (including phenoxy) is 1. The SMILES string of the molecule is COc1ncc(/C=C/CC(=O)Nc2ccccc2)cc1SNCC(F)(F)F. The van der Waals surface area contributed by atoms with Crippen LogP contribution in [0.3, 0.4) is 0 Å². The van der Waals surface area contributed by atoms with Crippen LogP contribution in [0, 0.1) is 0 Å². The Morgan fingerprint density at radius 3 is 2.70 bits per heavy atom. The molecular formula is C18H18F3N3O2S. The van der Waals surface area contributed by atoms with Crippen molar-refractivity contribution in [3.63, 3.8) is 0 Å². The van der Waals surface area contributed by atoms with E-state index in [1.54, 1.807) is 30.4 Å². The number of pyridine rings is 1. The van der Waals surface area contributed by atoms with Gasteiger partial charge >= 0.3 is 6.18 Å². The van der Waals surface area contributed by atoms with Crippen LogP contribution < -0.4 is 14.8 Å². The van der Waals surface area contributed by atoms with E-state index in [4.69, 9.17) is 4.74 Å². The molecule has 2 rings (SSSR count). The van der Waals surface area contributed by atoms with Crippen LogP contribution in [0.4, 0.5) is 18.9 Å². The molecule has 0 radical (unpaired) electrons. The van der Waals surface area contributed by atoms with Gasteiger partial charge in [0, 0.05) is 18.3 Å². The van der Waals surface area contributed by atoms with E-state index in [1.807, 2.05) is 18.2 Å². The Labute approximate surface area is 159 Å². The van der Waals surface area contributed by atoms with Crippen LogP contribution in [0.25, 0.3) is 6.08 Å². The second-order valence-electron chi connectivity index (χ2n) is 5.34.